The molecule has 6 rings (SSSR count). The van der Waals surface area contributed by atoms with Gasteiger partial charge < -0.3 is 15.6 Å². The van der Waals surface area contributed by atoms with E-state index >= 15 is 0 Å². The smallest absolute Gasteiger partial charge is 0.309 e. The van der Waals surface area contributed by atoms with Crippen molar-refractivity contribution in [3.63, 3.8) is 0 Å². The molecule has 5 aliphatic rings. The molecule has 7 heteroatoms. The number of ether oxygens (including phenoxy) is 1. The molecule has 0 radical (unpaired) electrons. The summed E-state index contributed by atoms with van der Waals surface area (Å²) in [5, 5.41) is 10.2. The largest absolute Gasteiger partial charge is 0.481 e. The first-order valence-electron chi connectivity index (χ1n) is 18.8. The molecule has 1 aromatic rings. The second-order valence-corrected chi connectivity index (χ2v) is 18.7. The van der Waals surface area contributed by atoms with E-state index in [0.717, 1.165) is 44.1 Å². The molecule has 4 fully saturated rings. The Bertz CT molecular complexity index is 1550. The Balaban J connectivity index is 1.20. The van der Waals surface area contributed by atoms with Crippen molar-refractivity contribution >= 4 is 23.5 Å². The van der Waals surface area contributed by atoms with E-state index in [0.29, 0.717) is 19.3 Å². The van der Waals surface area contributed by atoms with Gasteiger partial charge in [-0.1, -0.05) is 77.4 Å². The predicted molar refractivity (Wildman–Crippen MR) is 189 cm³/mol. The highest BCUT2D eigenvalue weighted by atomic mass is 16.5. The maximum absolute atomic E-state index is 14.7. The van der Waals surface area contributed by atoms with E-state index in [4.69, 9.17) is 10.5 Å². The number of benzene rings is 1. The molecule has 4 saturated carbocycles. The summed E-state index contributed by atoms with van der Waals surface area (Å²) in [4.78, 5) is 53.6. The molecule has 0 bridgehead atoms. The van der Waals surface area contributed by atoms with E-state index in [1.165, 1.54) is 5.57 Å². The van der Waals surface area contributed by atoms with Crippen LogP contribution in [0.1, 0.15) is 125 Å². The van der Waals surface area contributed by atoms with Gasteiger partial charge in [0.1, 0.15) is 6.61 Å². The van der Waals surface area contributed by atoms with Gasteiger partial charge >= 0.3 is 11.9 Å². The second-order valence-electron chi connectivity index (χ2n) is 18.7. The number of carbonyl (C=O) groups is 4. The zero-order valence-corrected chi connectivity index (χ0v) is 30.9. The SMILES string of the molecule is CC1(C(=O)O)CC[C@]2(C)CC[C@]3(C)C(=CC(=O)[C@@H]4[C@@]5(C)CCC(C(=O)[C@@H](N)CCC(=O)OCc6ccccc6)C(C)(C)C5CC[C@]43C)[C@H]2C1. The van der Waals surface area contributed by atoms with E-state index in [2.05, 4.69) is 41.5 Å². The van der Waals surface area contributed by atoms with Crippen LogP contribution >= 0.6 is 0 Å². The summed E-state index contributed by atoms with van der Waals surface area (Å²) < 4.78 is 5.43. The highest BCUT2D eigenvalue weighted by Crippen LogP contribution is 2.75. The Kier molecular flexibility index (Phi) is 8.94. The molecule has 0 heterocycles. The molecule has 7 nitrogen and oxygen atoms in total. The van der Waals surface area contributed by atoms with Crippen molar-refractivity contribution in [2.75, 3.05) is 0 Å². The fraction of sp³-hybridized carbons (Fsp3) is 0.714. The van der Waals surface area contributed by atoms with Crippen LogP contribution in [0, 0.1) is 56.2 Å². The molecule has 3 unspecified atom stereocenters. The molecular formula is C42H59NO6. The Morgan fingerprint density at radius 1 is 0.918 bits per heavy atom. The molecular weight excluding hydrogens is 614 g/mol. The van der Waals surface area contributed by atoms with Crippen molar-refractivity contribution in [2.24, 2.45) is 61.9 Å². The molecule has 10 atom stereocenters. The monoisotopic (exact) mass is 673 g/mol. The van der Waals surface area contributed by atoms with Crippen LogP contribution in [-0.2, 0) is 30.5 Å². The number of aliphatic carboxylic acids is 1. The fourth-order valence-corrected chi connectivity index (χ4v) is 12.4. The number of fused-ring (bicyclic) bond motifs is 7. The first-order chi connectivity index (χ1) is 22.8. The topological polar surface area (TPSA) is 124 Å². The predicted octanol–water partition coefficient (Wildman–Crippen LogP) is 8.09. The lowest BCUT2D eigenvalue weighted by molar-refractivity contribution is -0.194. The highest BCUT2D eigenvalue weighted by molar-refractivity contribution is 5.96. The number of rotatable bonds is 8. The van der Waals surface area contributed by atoms with Gasteiger partial charge in [-0.3, -0.25) is 19.2 Å². The highest BCUT2D eigenvalue weighted by Gasteiger charge is 2.70. The summed E-state index contributed by atoms with van der Waals surface area (Å²) in [6.45, 7) is 15.9. The third-order valence-electron chi connectivity index (χ3n) is 15.7. The van der Waals surface area contributed by atoms with Crippen LogP contribution in [0.2, 0.25) is 0 Å². The molecule has 3 N–H and O–H groups in total. The van der Waals surface area contributed by atoms with Gasteiger partial charge in [0, 0.05) is 18.3 Å². The van der Waals surface area contributed by atoms with Gasteiger partial charge in [-0.25, -0.2) is 0 Å². The van der Waals surface area contributed by atoms with Crippen LogP contribution in [0.3, 0.4) is 0 Å². The van der Waals surface area contributed by atoms with E-state index in [-0.39, 0.29) is 87.7 Å². The number of carbonyl (C=O) groups excluding carboxylic acids is 3. The number of hydrogen-bond donors (Lipinski definition) is 2. The minimum absolute atomic E-state index is 0.0166. The van der Waals surface area contributed by atoms with Gasteiger partial charge in [-0.05, 0) is 122 Å². The lowest BCUT2D eigenvalue weighted by Gasteiger charge is -2.70. The first-order valence-corrected chi connectivity index (χ1v) is 18.8. The van der Waals surface area contributed by atoms with Gasteiger partial charge in [0.2, 0.25) is 0 Å². The Morgan fingerprint density at radius 2 is 1.59 bits per heavy atom. The van der Waals surface area contributed by atoms with E-state index in [1.54, 1.807) is 0 Å². The lowest BCUT2D eigenvalue weighted by atomic mass is 9.33. The lowest BCUT2D eigenvalue weighted by Crippen LogP contribution is -2.66. The van der Waals surface area contributed by atoms with E-state index in [9.17, 15) is 24.3 Å². The zero-order valence-electron chi connectivity index (χ0n) is 30.9. The fourth-order valence-electron chi connectivity index (χ4n) is 12.4. The van der Waals surface area contributed by atoms with Crippen molar-refractivity contribution < 1.29 is 29.0 Å². The average molecular weight is 674 g/mol. The summed E-state index contributed by atoms with van der Waals surface area (Å²) in [5.41, 5.74) is 6.82. The summed E-state index contributed by atoms with van der Waals surface area (Å²) in [6.07, 6.45) is 9.88. The molecule has 268 valence electrons. The molecule has 0 spiro atoms. The molecule has 0 aromatic heterocycles. The maximum Gasteiger partial charge on any atom is 0.309 e. The number of hydrogen-bond acceptors (Lipinski definition) is 6. The van der Waals surface area contributed by atoms with Crippen LogP contribution in [0.15, 0.2) is 42.0 Å². The van der Waals surface area contributed by atoms with Gasteiger partial charge in [0.15, 0.2) is 11.6 Å². The van der Waals surface area contributed by atoms with Gasteiger partial charge in [-0.15, -0.1) is 0 Å². The average Bonchev–Trinajstić information content (AvgIpc) is 3.04. The van der Waals surface area contributed by atoms with Crippen LogP contribution in [0.5, 0.6) is 0 Å². The summed E-state index contributed by atoms with van der Waals surface area (Å²) in [6, 6.07) is 8.79. The zero-order chi connectivity index (χ0) is 35.8. The quantitative estimate of drug-likeness (QED) is 0.267. The summed E-state index contributed by atoms with van der Waals surface area (Å²) >= 11 is 0. The molecule has 0 amide bonds. The van der Waals surface area contributed by atoms with E-state index in [1.807, 2.05) is 43.3 Å². The minimum atomic E-state index is -0.772. The van der Waals surface area contributed by atoms with Gasteiger partial charge in [0.05, 0.1) is 11.5 Å². The minimum Gasteiger partial charge on any atom is -0.481 e. The second kappa shape index (κ2) is 12.2. The first kappa shape index (κ1) is 36.0. The third-order valence-corrected chi connectivity index (χ3v) is 15.7. The van der Waals surface area contributed by atoms with E-state index < -0.39 is 17.4 Å². The number of allylic oxidation sites excluding steroid dienone is 2. The summed E-state index contributed by atoms with van der Waals surface area (Å²) in [5.74, 6) is -0.981. The van der Waals surface area contributed by atoms with Gasteiger partial charge in [0.25, 0.3) is 0 Å². The third kappa shape index (κ3) is 5.56. The number of carboxylic acids is 1. The van der Waals surface area contributed by atoms with Crippen molar-refractivity contribution in [3.05, 3.63) is 47.5 Å². The number of Topliss-reactive ketones (excluding diaryl/α,β-unsaturated/α-hetero) is 1. The molecule has 5 aliphatic carbocycles. The van der Waals surface area contributed by atoms with Crippen molar-refractivity contribution in [1.82, 2.24) is 0 Å². The van der Waals surface area contributed by atoms with Crippen LogP contribution in [-0.4, -0.2) is 34.7 Å². The Morgan fingerprint density at radius 3 is 2.27 bits per heavy atom. The van der Waals surface area contributed by atoms with Crippen molar-refractivity contribution in [2.45, 2.75) is 132 Å². The maximum atomic E-state index is 14.7. The molecule has 0 saturated heterocycles. The molecule has 49 heavy (non-hydrogen) atoms. The summed E-state index contributed by atoms with van der Waals surface area (Å²) in [7, 11) is 0. The van der Waals surface area contributed by atoms with Crippen molar-refractivity contribution in [1.29, 1.82) is 0 Å². The number of nitrogens with two attached hydrogens (primary N) is 1. The number of carboxylic acid groups (broad SMARTS) is 1. The van der Waals surface area contributed by atoms with Crippen LogP contribution in [0.4, 0.5) is 0 Å². The molecule has 1 aromatic carbocycles. The molecule has 0 aliphatic heterocycles. The van der Waals surface area contributed by atoms with Crippen LogP contribution < -0.4 is 5.73 Å². The Hall–Kier alpha value is -2.80. The number of esters is 1. The normalized spacial score (nSPS) is 41.6. The standard InChI is InChI=1S/C42H59NO6/c1-37(2)27(34(46)30(43)13-14-33(45)49-25-26-11-9-8-10-12-26)15-17-40(5)32(37)16-18-42(7)35(40)31(44)23-28-29-24-39(4,36(47)48)20-19-38(29,3)21-22-41(28,42)6/h8-12,23,27,29-30,32,35H,13-22,24-25,43H2,1-7H3,(H,47,48)/t27?,29-,30+,32?,35-,38-,39?,40+,41-,42-/m1/s1. The van der Waals surface area contributed by atoms with Gasteiger partial charge in [-0.2, -0.15) is 0 Å². The Labute approximate surface area is 293 Å². The van der Waals surface area contributed by atoms with Crippen LogP contribution in [0.25, 0.3) is 0 Å². The number of ketones is 2. The van der Waals surface area contributed by atoms with Crippen molar-refractivity contribution in [3.8, 4) is 0 Å².